The van der Waals surface area contributed by atoms with E-state index >= 15 is 0 Å². The second kappa shape index (κ2) is 3.90. The Morgan fingerprint density at radius 2 is 2.13 bits per heavy atom. The first kappa shape index (κ1) is 12.1. The highest BCUT2D eigenvalue weighted by Crippen LogP contribution is 2.15. The van der Waals surface area contributed by atoms with E-state index in [1.807, 2.05) is 0 Å². The summed E-state index contributed by atoms with van der Waals surface area (Å²) in [5.41, 5.74) is -0.625. The van der Waals surface area contributed by atoms with Crippen LogP contribution in [0.5, 0.6) is 0 Å². The van der Waals surface area contributed by atoms with E-state index in [1.54, 1.807) is 20.0 Å². The summed E-state index contributed by atoms with van der Waals surface area (Å²) < 4.78 is 23.2. The predicted molar refractivity (Wildman–Crippen MR) is 55.0 cm³/mol. The molecule has 1 aromatic heterocycles. The molecule has 6 nitrogen and oxygen atoms in total. The summed E-state index contributed by atoms with van der Waals surface area (Å²) in [6.07, 6.45) is 2.71. The van der Waals surface area contributed by atoms with Crippen LogP contribution in [-0.2, 0) is 22.0 Å². The molecule has 0 aliphatic rings. The van der Waals surface area contributed by atoms with Gasteiger partial charge >= 0.3 is 0 Å². The Kier molecular flexibility index (Phi) is 3.15. The molecule has 1 heterocycles. The second-order valence-electron chi connectivity index (χ2n) is 4.06. The molecule has 0 aromatic carbocycles. The Morgan fingerprint density at radius 3 is 2.53 bits per heavy atom. The van der Waals surface area contributed by atoms with Gasteiger partial charge in [-0.05, 0) is 13.8 Å². The van der Waals surface area contributed by atoms with Gasteiger partial charge in [-0.25, -0.2) is 8.42 Å². The van der Waals surface area contributed by atoms with Crippen molar-refractivity contribution in [1.82, 2.24) is 15.0 Å². The average Bonchev–Trinajstić information content (AvgIpc) is 2.45. The molecular weight excluding hydrogens is 218 g/mol. The molecule has 0 unspecified atom stereocenters. The Morgan fingerprint density at radius 1 is 1.53 bits per heavy atom. The molecule has 15 heavy (non-hydrogen) atoms. The van der Waals surface area contributed by atoms with Crippen LogP contribution >= 0.6 is 0 Å². The van der Waals surface area contributed by atoms with Crippen LogP contribution in [0.2, 0.25) is 0 Å². The number of rotatable bonds is 4. The van der Waals surface area contributed by atoms with E-state index in [0.717, 1.165) is 0 Å². The summed E-state index contributed by atoms with van der Waals surface area (Å²) in [7, 11) is -3.00. The van der Waals surface area contributed by atoms with Gasteiger partial charge in [-0.3, -0.25) is 4.68 Å². The number of aliphatic hydroxyl groups is 1. The van der Waals surface area contributed by atoms with Crippen LogP contribution in [0.25, 0.3) is 0 Å². The van der Waals surface area contributed by atoms with E-state index in [9.17, 15) is 13.5 Å². The van der Waals surface area contributed by atoms with Crippen molar-refractivity contribution in [2.45, 2.75) is 26.0 Å². The summed E-state index contributed by atoms with van der Waals surface area (Å²) >= 11 is 0. The van der Waals surface area contributed by atoms with Gasteiger partial charge in [0.2, 0.25) is 0 Å². The van der Waals surface area contributed by atoms with Crippen LogP contribution in [0.1, 0.15) is 19.5 Å². The van der Waals surface area contributed by atoms with Crippen LogP contribution in [0, 0.1) is 0 Å². The molecule has 7 heteroatoms. The molecule has 0 atom stereocenters. The Labute approximate surface area is 88.8 Å². The molecule has 0 amide bonds. The first-order chi connectivity index (χ1) is 6.68. The van der Waals surface area contributed by atoms with Gasteiger partial charge in [0, 0.05) is 6.26 Å². The molecule has 0 bridgehead atoms. The van der Waals surface area contributed by atoms with E-state index in [-0.39, 0.29) is 12.3 Å². The Balaban J connectivity index is 2.70. The van der Waals surface area contributed by atoms with Gasteiger partial charge in [-0.1, -0.05) is 5.21 Å². The SMILES string of the molecule is CC(C)(O)c1cn(CCS(C)(=O)=O)nn1. The van der Waals surface area contributed by atoms with Gasteiger partial charge in [-0.15, -0.1) is 5.10 Å². The van der Waals surface area contributed by atoms with Gasteiger partial charge in [0.25, 0.3) is 0 Å². The number of hydrogen-bond donors (Lipinski definition) is 1. The quantitative estimate of drug-likeness (QED) is 0.761. The van der Waals surface area contributed by atoms with Crippen molar-refractivity contribution in [2.75, 3.05) is 12.0 Å². The van der Waals surface area contributed by atoms with Crippen LogP contribution in [0.15, 0.2) is 6.20 Å². The van der Waals surface area contributed by atoms with Crippen molar-refractivity contribution in [3.63, 3.8) is 0 Å². The maximum atomic E-state index is 10.9. The van der Waals surface area contributed by atoms with E-state index in [2.05, 4.69) is 10.3 Å². The third kappa shape index (κ3) is 3.96. The molecule has 1 aromatic rings. The number of nitrogens with zero attached hydrogens (tertiary/aromatic N) is 3. The highest BCUT2D eigenvalue weighted by Gasteiger charge is 2.20. The number of aromatic nitrogens is 3. The van der Waals surface area contributed by atoms with Crippen LogP contribution in [-0.4, -0.2) is 40.5 Å². The van der Waals surface area contributed by atoms with E-state index in [0.29, 0.717) is 5.69 Å². The molecule has 86 valence electrons. The monoisotopic (exact) mass is 233 g/mol. The van der Waals surface area contributed by atoms with Gasteiger partial charge in [0.05, 0.1) is 18.5 Å². The van der Waals surface area contributed by atoms with Crippen molar-refractivity contribution >= 4 is 9.84 Å². The standard InChI is InChI=1S/C8H15N3O3S/c1-8(2,12)7-6-11(10-9-7)4-5-15(3,13)14/h6,12H,4-5H2,1-3H3. The zero-order valence-electron chi connectivity index (χ0n) is 9.01. The maximum absolute atomic E-state index is 10.9. The molecule has 0 saturated heterocycles. The summed E-state index contributed by atoms with van der Waals surface area (Å²) in [4.78, 5) is 0. The summed E-state index contributed by atoms with van der Waals surface area (Å²) in [6, 6.07) is 0. The van der Waals surface area contributed by atoms with Crippen molar-refractivity contribution in [2.24, 2.45) is 0 Å². The molecule has 0 fully saturated rings. The van der Waals surface area contributed by atoms with Crippen molar-refractivity contribution in [1.29, 1.82) is 0 Å². The van der Waals surface area contributed by atoms with Crippen LogP contribution < -0.4 is 0 Å². The van der Waals surface area contributed by atoms with Gasteiger partial charge in [0.15, 0.2) is 0 Å². The van der Waals surface area contributed by atoms with Crippen molar-refractivity contribution < 1.29 is 13.5 Å². The minimum Gasteiger partial charge on any atom is -0.384 e. The fourth-order valence-corrected chi connectivity index (χ4v) is 1.47. The van der Waals surface area contributed by atoms with Crippen molar-refractivity contribution in [3.05, 3.63) is 11.9 Å². The lowest BCUT2D eigenvalue weighted by Gasteiger charge is -2.11. The molecule has 0 spiro atoms. The topological polar surface area (TPSA) is 85.1 Å². The third-order valence-corrected chi connectivity index (χ3v) is 2.78. The molecular formula is C8H15N3O3S. The first-order valence-corrected chi connectivity index (χ1v) is 6.55. The largest absolute Gasteiger partial charge is 0.384 e. The smallest absolute Gasteiger partial charge is 0.149 e. The van der Waals surface area contributed by atoms with Gasteiger partial charge in [-0.2, -0.15) is 0 Å². The molecule has 0 aliphatic heterocycles. The average molecular weight is 233 g/mol. The summed E-state index contributed by atoms with van der Waals surface area (Å²) in [6.45, 7) is 3.44. The highest BCUT2D eigenvalue weighted by molar-refractivity contribution is 7.90. The molecule has 1 rings (SSSR count). The molecule has 0 radical (unpaired) electrons. The number of sulfone groups is 1. The van der Waals surface area contributed by atoms with Gasteiger partial charge < -0.3 is 5.11 Å². The zero-order valence-corrected chi connectivity index (χ0v) is 9.82. The Hall–Kier alpha value is -0.950. The lowest BCUT2D eigenvalue weighted by Crippen LogP contribution is -2.16. The Bertz CT molecular complexity index is 430. The lowest BCUT2D eigenvalue weighted by atomic mass is 10.1. The number of hydrogen-bond acceptors (Lipinski definition) is 5. The predicted octanol–water partition coefficient (Wildman–Crippen LogP) is -0.450. The minimum absolute atomic E-state index is 0.0155. The fourth-order valence-electron chi connectivity index (χ4n) is 0.947. The van der Waals surface area contributed by atoms with E-state index in [1.165, 1.54) is 10.9 Å². The van der Waals surface area contributed by atoms with E-state index < -0.39 is 15.4 Å². The molecule has 0 aliphatic carbocycles. The van der Waals surface area contributed by atoms with Crippen molar-refractivity contribution in [3.8, 4) is 0 Å². The molecule has 1 N–H and O–H groups in total. The summed E-state index contributed by atoms with van der Waals surface area (Å²) in [5.74, 6) is 0.0155. The van der Waals surface area contributed by atoms with E-state index in [4.69, 9.17) is 0 Å². The maximum Gasteiger partial charge on any atom is 0.149 e. The normalized spacial score (nSPS) is 13.1. The third-order valence-electron chi connectivity index (χ3n) is 1.86. The highest BCUT2D eigenvalue weighted by atomic mass is 32.2. The second-order valence-corrected chi connectivity index (χ2v) is 6.32. The molecule has 0 saturated carbocycles. The zero-order chi connectivity index (χ0) is 11.7. The van der Waals surface area contributed by atoms with Gasteiger partial charge in [0.1, 0.15) is 21.1 Å². The first-order valence-electron chi connectivity index (χ1n) is 4.49. The summed E-state index contributed by atoms with van der Waals surface area (Å²) in [5, 5.41) is 17.1. The van der Waals surface area contributed by atoms with Crippen LogP contribution in [0.4, 0.5) is 0 Å². The lowest BCUT2D eigenvalue weighted by molar-refractivity contribution is 0.0737. The number of aryl methyl sites for hydroxylation is 1. The minimum atomic E-state index is -3.00. The fraction of sp³-hybridized carbons (Fsp3) is 0.750. The van der Waals surface area contributed by atoms with Crippen LogP contribution in [0.3, 0.4) is 0 Å².